The van der Waals surface area contributed by atoms with Crippen molar-refractivity contribution in [3.05, 3.63) is 52.3 Å². The highest BCUT2D eigenvalue weighted by Gasteiger charge is 2.10. The quantitative estimate of drug-likeness (QED) is 0.790. The molecule has 0 bridgehead atoms. The van der Waals surface area contributed by atoms with Gasteiger partial charge in [-0.2, -0.15) is 0 Å². The maximum atomic E-state index is 6.00. The number of nitrogens with zero attached hydrogens (tertiary/aromatic N) is 1. The third-order valence-electron chi connectivity index (χ3n) is 2.75. The molecule has 0 saturated carbocycles. The van der Waals surface area contributed by atoms with Gasteiger partial charge >= 0.3 is 0 Å². The summed E-state index contributed by atoms with van der Waals surface area (Å²) in [6.45, 7) is 6.40. The number of hydrogen-bond acceptors (Lipinski definition) is 2. The number of rotatable bonds is 3. The van der Waals surface area contributed by atoms with Gasteiger partial charge in [-0.15, -0.1) is 0 Å². The minimum absolute atomic E-state index is 0.432. The van der Waals surface area contributed by atoms with Crippen LogP contribution in [0.5, 0.6) is 11.5 Å². The first-order valence-corrected chi connectivity index (χ1v) is 6.75. The molecule has 0 fully saturated rings. The smallest absolute Gasteiger partial charge is 0.144 e. The monoisotopic (exact) mass is 305 g/mol. The molecule has 18 heavy (non-hydrogen) atoms. The first kappa shape index (κ1) is 13.1. The molecule has 2 aromatic rings. The van der Waals surface area contributed by atoms with Crippen LogP contribution in [-0.4, -0.2) is 4.98 Å². The van der Waals surface area contributed by atoms with E-state index < -0.39 is 0 Å². The fourth-order valence-corrected chi connectivity index (χ4v) is 2.10. The van der Waals surface area contributed by atoms with Crippen molar-refractivity contribution in [1.82, 2.24) is 4.98 Å². The Balaban J connectivity index is 2.39. The van der Waals surface area contributed by atoms with Gasteiger partial charge in [0.25, 0.3) is 0 Å². The molecule has 2 nitrogen and oxygen atoms in total. The fraction of sp³-hybridized carbons (Fsp3) is 0.267. The van der Waals surface area contributed by atoms with E-state index in [4.69, 9.17) is 4.74 Å². The Kier molecular flexibility index (Phi) is 4.02. The Labute approximate surface area is 116 Å². The molecule has 1 aromatic carbocycles. The molecule has 0 aliphatic heterocycles. The third-order valence-corrected chi connectivity index (χ3v) is 3.34. The number of benzene rings is 1. The van der Waals surface area contributed by atoms with Gasteiger partial charge in [0.1, 0.15) is 11.5 Å². The molecule has 0 N–H and O–H groups in total. The van der Waals surface area contributed by atoms with Crippen LogP contribution < -0.4 is 4.74 Å². The van der Waals surface area contributed by atoms with Crippen molar-refractivity contribution in [2.75, 3.05) is 0 Å². The number of pyridine rings is 1. The van der Waals surface area contributed by atoms with Crippen LogP contribution in [0.25, 0.3) is 0 Å². The lowest BCUT2D eigenvalue weighted by Crippen LogP contribution is -1.95. The molecule has 0 spiro atoms. The summed E-state index contributed by atoms with van der Waals surface area (Å²) >= 11 is 3.45. The van der Waals surface area contributed by atoms with Gasteiger partial charge in [-0.3, -0.25) is 4.98 Å². The standard InChI is InChI=1S/C15H16BrNO/c1-10(2)12-5-4-11(3)8-15(12)18-14-6-7-17-9-13(14)16/h4-10H,1-3H3. The lowest BCUT2D eigenvalue weighted by atomic mass is 10.0. The summed E-state index contributed by atoms with van der Waals surface area (Å²) in [5.41, 5.74) is 2.41. The first-order valence-electron chi connectivity index (χ1n) is 5.96. The molecule has 0 aliphatic rings. The van der Waals surface area contributed by atoms with Crippen LogP contribution in [0.4, 0.5) is 0 Å². The fourth-order valence-electron chi connectivity index (χ4n) is 1.77. The number of ether oxygens (including phenoxy) is 1. The van der Waals surface area contributed by atoms with Crippen molar-refractivity contribution in [2.24, 2.45) is 0 Å². The average Bonchev–Trinajstić information content (AvgIpc) is 2.32. The Morgan fingerprint density at radius 3 is 2.61 bits per heavy atom. The summed E-state index contributed by atoms with van der Waals surface area (Å²) in [7, 11) is 0. The van der Waals surface area contributed by atoms with E-state index in [9.17, 15) is 0 Å². The van der Waals surface area contributed by atoms with E-state index in [2.05, 4.69) is 59.9 Å². The van der Waals surface area contributed by atoms with Crippen LogP contribution >= 0.6 is 15.9 Å². The third kappa shape index (κ3) is 2.91. The zero-order chi connectivity index (χ0) is 13.1. The maximum absolute atomic E-state index is 6.00. The molecule has 2 rings (SSSR count). The van der Waals surface area contributed by atoms with Crippen LogP contribution in [0.15, 0.2) is 41.1 Å². The highest BCUT2D eigenvalue weighted by molar-refractivity contribution is 9.10. The van der Waals surface area contributed by atoms with E-state index in [1.807, 2.05) is 6.07 Å². The van der Waals surface area contributed by atoms with Gasteiger partial charge in [0.05, 0.1) is 4.47 Å². The second-order valence-corrected chi connectivity index (χ2v) is 5.46. The van der Waals surface area contributed by atoms with Crippen molar-refractivity contribution in [1.29, 1.82) is 0 Å². The Hall–Kier alpha value is -1.35. The van der Waals surface area contributed by atoms with Gasteiger partial charge in [0.2, 0.25) is 0 Å². The van der Waals surface area contributed by atoms with Gasteiger partial charge in [-0.1, -0.05) is 26.0 Å². The van der Waals surface area contributed by atoms with Crippen LogP contribution in [0.2, 0.25) is 0 Å². The molecule has 1 heterocycles. The lowest BCUT2D eigenvalue weighted by molar-refractivity contribution is 0.469. The average molecular weight is 306 g/mol. The van der Waals surface area contributed by atoms with Crippen LogP contribution in [0.3, 0.4) is 0 Å². The molecule has 94 valence electrons. The summed E-state index contributed by atoms with van der Waals surface area (Å²) in [6, 6.07) is 8.17. The SMILES string of the molecule is Cc1ccc(C(C)C)c(Oc2ccncc2Br)c1. The molecule has 0 atom stereocenters. The predicted octanol–water partition coefficient (Wildman–Crippen LogP) is 5.07. The molecule has 0 aliphatic carbocycles. The van der Waals surface area contributed by atoms with Gasteiger partial charge in [-0.05, 0) is 46.0 Å². The minimum atomic E-state index is 0.432. The van der Waals surface area contributed by atoms with Crippen molar-refractivity contribution in [3.63, 3.8) is 0 Å². The normalized spacial score (nSPS) is 10.7. The Morgan fingerprint density at radius 2 is 1.94 bits per heavy atom. The second-order valence-electron chi connectivity index (χ2n) is 4.60. The minimum Gasteiger partial charge on any atom is -0.456 e. The molecular weight excluding hydrogens is 290 g/mol. The van der Waals surface area contributed by atoms with Crippen LogP contribution in [0, 0.1) is 6.92 Å². The molecule has 1 aromatic heterocycles. The Bertz CT molecular complexity index is 552. The van der Waals surface area contributed by atoms with E-state index in [0.29, 0.717) is 5.92 Å². The topological polar surface area (TPSA) is 22.1 Å². The molecule has 0 saturated heterocycles. The number of halogens is 1. The number of aromatic nitrogens is 1. The molecular formula is C15H16BrNO. The van der Waals surface area contributed by atoms with E-state index in [-0.39, 0.29) is 0 Å². The largest absolute Gasteiger partial charge is 0.456 e. The van der Waals surface area contributed by atoms with E-state index in [0.717, 1.165) is 16.0 Å². The van der Waals surface area contributed by atoms with Crippen molar-refractivity contribution >= 4 is 15.9 Å². The van der Waals surface area contributed by atoms with Crippen LogP contribution in [-0.2, 0) is 0 Å². The highest BCUT2D eigenvalue weighted by atomic mass is 79.9. The highest BCUT2D eigenvalue weighted by Crippen LogP contribution is 2.34. The van der Waals surface area contributed by atoms with Gasteiger partial charge in [0, 0.05) is 18.5 Å². The summed E-state index contributed by atoms with van der Waals surface area (Å²) < 4.78 is 6.86. The molecule has 0 amide bonds. The summed E-state index contributed by atoms with van der Waals surface area (Å²) in [5.74, 6) is 2.13. The maximum Gasteiger partial charge on any atom is 0.144 e. The zero-order valence-corrected chi connectivity index (χ0v) is 12.4. The van der Waals surface area contributed by atoms with Gasteiger partial charge in [-0.25, -0.2) is 0 Å². The molecule has 3 heteroatoms. The second kappa shape index (κ2) is 5.53. The van der Waals surface area contributed by atoms with Crippen LogP contribution in [0.1, 0.15) is 30.9 Å². The van der Waals surface area contributed by atoms with Crippen molar-refractivity contribution in [3.8, 4) is 11.5 Å². The zero-order valence-electron chi connectivity index (χ0n) is 10.8. The van der Waals surface area contributed by atoms with Gasteiger partial charge in [0.15, 0.2) is 0 Å². The summed E-state index contributed by atoms with van der Waals surface area (Å²) in [6.07, 6.45) is 3.46. The molecule has 0 unspecified atom stereocenters. The summed E-state index contributed by atoms with van der Waals surface area (Å²) in [4.78, 5) is 4.03. The van der Waals surface area contributed by atoms with Crippen molar-refractivity contribution in [2.45, 2.75) is 26.7 Å². The Morgan fingerprint density at radius 1 is 1.17 bits per heavy atom. The van der Waals surface area contributed by atoms with E-state index in [1.165, 1.54) is 11.1 Å². The van der Waals surface area contributed by atoms with Crippen molar-refractivity contribution < 1.29 is 4.74 Å². The van der Waals surface area contributed by atoms with Gasteiger partial charge < -0.3 is 4.74 Å². The lowest BCUT2D eigenvalue weighted by Gasteiger charge is -2.15. The number of aryl methyl sites for hydroxylation is 1. The summed E-state index contributed by atoms with van der Waals surface area (Å²) in [5, 5.41) is 0. The predicted molar refractivity (Wildman–Crippen MR) is 77.3 cm³/mol. The number of hydrogen-bond donors (Lipinski definition) is 0. The van der Waals surface area contributed by atoms with E-state index in [1.54, 1.807) is 12.4 Å². The molecule has 0 radical (unpaired) electrons. The van der Waals surface area contributed by atoms with E-state index >= 15 is 0 Å². The first-order chi connectivity index (χ1) is 8.58.